The van der Waals surface area contributed by atoms with Crippen molar-refractivity contribution in [1.29, 1.82) is 0 Å². The SMILES string of the molecule is COC(=O)c1c(-c2ccccc2S(=O)(=O)c2ccc(C)cc2)nn(-c2ccccc2)c1C(=O)OC. The molecule has 0 fully saturated rings. The molecule has 0 atom stereocenters. The minimum Gasteiger partial charge on any atom is -0.465 e. The first-order chi connectivity index (χ1) is 16.8. The van der Waals surface area contributed by atoms with Crippen LogP contribution in [-0.2, 0) is 19.3 Å². The summed E-state index contributed by atoms with van der Waals surface area (Å²) in [6, 6.07) is 21.3. The zero-order chi connectivity index (χ0) is 25.2. The van der Waals surface area contributed by atoms with Gasteiger partial charge in [0.1, 0.15) is 11.3 Å². The van der Waals surface area contributed by atoms with Gasteiger partial charge in [-0.1, -0.05) is 54.1 Å². The Morgan fingerprint density at radius 1 is 0.800 bits per heavy atom. The van der Waals surface area contributed by atoms with E-state index < -0.39 is 21.8 Å². The summed E-state index contributed by atoms with van der Waals surface area (Å²) in [6.07, 6.45) is 0. The van der Waals surface area contributed by atoms with Crippen molar-refractivity contribution in [3.8, 4) is 16.9 Å². The van der Waals surface area contributed by atoms with Crippen molar-refractivity contribution in [3.63, 3.8) is 0 Å². The van der Waals surface area contributed by atoms with Crippen LogP contribution in [0.5, 0.6) is 0 Å². The van der Waals surface area contributed by atoms with E-state index in [0.717, 1.165) is 5.56 Å². The molecule has 0 aliphatic heterocycles. The van der Waals surface area contributed by atoms with E-state index in [9.17, 15) is 18.0 Å². The van der Waals surface area contributed by atoms with Gasteiger partial charge in [-0.15, -0.1) is 0 Å². The molecule has 178 valence electrons. The molecule has 0 radical (unpaired) electrons. The first-order valence-corrected chi connectivity index (χ1v) is 12.0. The number of aryl methyl sites for hydroxylation is 1. The normalized spacial score (nSPS) is 11.2. The van der Waals surface area contributed by atoms with E-state index >= 15 is 0 Å². The smallest absolute Gasteiger partial charge is 0.357 e. The summed E-state index contributed by atoms with van der Waals surface area (Å²) in [5, 5.41) is 4.52. The summed E-state index contributed by atoms with van der Waals surface area (Å²) in [5.41, 5.74) is 1.14. The number of hydrogen-bond acceptors (Lipinski definition) is 7. The number of sulfone groups is 1. The largest absolute Gasteiger partial charge is 0.465 e. The number of esters is 2. The van der Waals surface area contributed by atoms with Crippen molar-refractivity contribution in [3.05, 3.63) is 95.7 Å². The van der Waals surface area contributed by atoms with Crippen molar-refractivity contribution in [2.45, 2.75) is 16.7 Å². The number of para-hydroxylation sites is 1. The highest BCUT2D eigenvalue weighted by Crippen LogP contribution is 2.35. The molecule has 1 aromatic heterocycles. The molecule has 4 aromatic rings. The molecule has 0 saturated heterocycles. The molecule has 0 amide bonds. The molecule has 4 rings (SSSR count). The minimum absolute atomic E-state index is 0.0209. The molecule has 0 aliphatic carbocycles. The number of nitrogens with zero attached hydrogens (tertiary/aromatic N) is 2. The molecule has 0 saturated carbocycles. The zero-order valence-corrected chi connectivity index (χ0v) is 20.1. The van der Waals surface area contributed by atoms with Gasteiger partial charge in [0.25, 0.3) is 0 Å². The van der Waals surface area contributed by atoms with Gasteiger partial charge in [-0.25, -0.2) is 22.7 Å². The average molecular weight is 491 g/mol. The van der Waals surface area contributed by atoms with Gasteiger partial charge in [0.2, 0.25) is 9.84 Å². The molecule has 0 N–H and O–H groups in total. The lowest BCUT2D eigenvalue weighted by atomic mass is 10.1. The average Bonchev–Trinajstić information content (AvgIpc) is 3.29. The fourth-order valence-electron chi connectivity index (χ4n) is 3.68. The highest BCUT2D eigenvalue weighted by Gasteiger charge is 2.34. The molecule has 3 aromatic carbocycles. The highest BCUT2D eigenvalue weighted by molar-refractivity contribution is 7.91. The number of methoxy groups -OCH3 is 2. The Kier molecular flexibility index (Phi) is 6.52. The Morgan fingerprint density at radius 2 is 1.40 bits per heavy atom. The second kappa shape index (κ2) is 9.55. The van der Waals surface area contributed by atoms with Crippen LogP contribution in [0.1, 0.15) is 26.4 Å². The van der Waals surface area contributed by atoms with E-state index in [1.165, 1.54) is 43.2 Å². The fraction of sp³-hybridized carbons (Fsp3) is 0.115. The third-order valence-electron chi connectivity index (χ3n) is 5.42. The number of aromatic nitrogens is 2. The van der Waals surface area contributed by atoms with Gasteiger partial charge >= 0.3 is 11.9 Å². The van der Waals surface area contributed by atoms with Gasteiger partial charge in [0, 0.05) is 5.56 Å². The minimum atomic E-state index is -4.00. The Bertz CT molecular complexity index is 1510. The van der Waals surface area contributed by atoms with Crippen LogP contribution < -0.4 is 0 Å². The molecule has 0 aliphatic rings. The molecule has 0 spiro atoms. The summed E-state index contributed by atoms with van der Waals surface area (Å²) in [4.78, 5) is 25.8. The quantitative estimate of drug-likeness (QED) is 0.372. The van der Waals surface area contributed by atoms with Gasteiger partial charge in [0.05, 0.1) is 29.7 Å². The maximum atomic E-state index is 13.6. The first kappa shape index (κ1) is 23.9. The lowest BCUT2D eigenvalue weighted by molar-refractivity contribution is 0.0549. The second-order valence-corrected chi connectivity index (χ2v) is 9.53. The van der Waals surface area contributed by atoms with Crippen LogP contribution in [0.4, 0.5) is 0 Å². The third-order valence-corrected chi connectivity index (χ3v) is 7.25. The third kappa shape index (κ3) is 4.33. The van der Waals surface area contributed by atoms with Gasteiger partial charge < -0.3 is 9.47 Å². The van der Waals surface area contributed by atoms with Crippen molar-refractivity contribution in [2.24, 2.45) is 0 Å². The van der Waals surface area contributed by atoms with E-state index in [0.29, 0.717) is 5.69 Å². The van der Waals surface area contributed by atoms with Crippen LogP contribution in [0.15, 0.2) is 88.7 Å². The van der Waals surface area contributed by atoms with Crippen LogP contribution >= 0.6 is 0 Å². The Labute approximate surface area is 202 Å². The van der Waals surface area contributed by atoms with Gasteiger partial charge in [-0.05, 0) is 37.3 Å². The van der Waals surface area contributed by atoms with Gasteiger partial charge in [0.15, 0.2) is 5.69 Å². The fourth-order valence-corrected chi connectivity index (χ4v) is 5.14. The van der Waals surface area contributed by atoms with Crippen molar-refractivity contribution < 1.29 is 27.5 Å². The van der Waals surface area contributed by atoms with Gasteiger partial charge in [-0.2, -0.15) is 5.10 Å². The van der Waals surface area contributed by atoms with Crippen LogP contribution in [0.3, 0.4) is 0 Å². The van der Waals surface area contributed by atoms with E-state index in [1.807, 2.05) is 6.92 Å². The molecule has 9 heteroatoms. The number of hydrogen-bond donors (Lipinski definition) is 0. The molecule has 0 unspecified atom stereocenters. The summed E-state index contributed by atoms with van der Waals surface area (Å²) in [6.45, 7) is 1.86. The van der Waals surface area contributed by atoms with Crippen molar-refractivity contribution >= 4 is 21.8 Å². The van der Waals surface area contributed by atoms with E-state index in [1.54, 1.807) is 54.6 Å². The van der Waals surface area contributed by atoms with Crippen LogP contribution in [0.25, 0.3) is 16.9 Å². The van der Waals surface area contributed by atoms with Crippen molar-refractivity contribution in [1.82, 2.24) is 9.78 Å². The van der Waals surface area contributed by atoms with Crippen LogP contribution in [0.2, 0.25) is 0 Å². The number of ether oxygens (including phenoxy) is 2. The molecule has 1 heterocycles. The number of benzene rings is 3. The Balaban J connectivity index is 2.05. The molecular weight excluding hydrogens is 468 g/mol. The zero-order valence-electron chi connectivity index (χ0n) is 19.3. The predicted octanol–water partition coefficient (Wildman–Crippen LogP) is 4.25. The van der Waals surface area contributed by atoms with E-state index in [-0.39, 0.29) is 32.3 Å². The molecule has 8 nitrogen and oxygen atoms in total. The van der Waals surface area contributed by atoms with Crippen LogP contribution in [0, 0.1) is 6.92 Å². The van der Waals surface area contributed by atoms with E-state index in [4.69, 9.17) is 9.47 Å². The topological polar surface area (TPSA) is 105 Å². The molecular formula is C26H22N2O6S. The monoisotopic (exact) mass is 490 g/mol. The first-order valence-electron chi connectivity index (χ1n) is 10.6. The van der Waals surface area contributed by atoms with Gasteiger partial charge in [-0.3, -0.25) is 0 Å². The van der Waals surface area contributed by atoms with Crippen molar-refractivity contribution in [2.75, 3.05) is 14.2 Å². The number of carbonyl (C=O) groups is 2. The maximum Gasteiger partial charge on any atom is 0.357 e. The number of carbonyl (C=O) groups excluding carboxylic acids is 2. The predicted molar refractivity (Wildman–Crippen MR) is 128 cm³/mol. The summed E-state index contributed by atoms with van der Waals surface area (Å²) in [5.74, 6) is -1.68. The second-order valence-electron chi connectivity index (χ2n) is 7.62. The summed E-state index contributed by atoms with van der Waals surface area (Å²) >= 11 is 0. The summed E-state index contributed by atoms with van der Waals surface area (Å²) < 4.78 is 38.3. The highest BCUT2D eigenvalue weighted by atomic mass is 32.2. The maximum absolute atomic E-state index is 13.6. The summed E-state index contributed by atoms with van der Waals surface area (Å²) in [7, 11) is -1.64. The van der Waals surface area contributed by atoms with Crippen LogP contribution in [-0.4, -0.2) is 44.4 Å². The molecule has 35 heavy (non-hydrogen) atoms. The Morgan fingerprint density at radius 3 is 2.03 bits per heavy atom. The standard InChI is InChI=1S/C26H22N2O6S/c1-17-13-15-19(16-14-17)35(31,32)21-12-8-7-11-20(21)23-22(25(29)33-2)24(26(30)34-3)28(27-23)18-9-5-4-6-10-18/h4-16H,1-3H3. The molecule has 0 bridgehead atoms. The lowest BCUT2D eigenvalue weighted by Crippen LogP contribution is -2.15. The number of rotatable bonds is 6. The Hall–Kier alpha value is -4.24. The lowest BCUT2D eigenvalue weighted by Gasteiger charge is -2.10. The van der Waals surface area contributed by atoms with E-state index in [2.05, 4.69) is 5.10 Å².